The summed E-state index contributed by atoms with van der Waals surface area (Å²) in [6.45, 7) is 0. The number of aliphatic hydroxyl groups is 2. The largest absolute Gasteiger partial charge is 0.390 e. The smallest absolute Gasteiger partial charge is 0.131 e. The Balaban J connectivity index is 2.48. The molecule has 2 atom stereocenters. The van der Waals surface area contributed by atoms with Crippen LogP contribution in [0.1, 0.15) is 18.1 Å². The summed E-state index contributed by atoms with van der Waals surface area (Å²) in [7, 11) is 0. The number of hydrogen-bond donors (Lipinski definition) is 3. The van der Waals surface area contributed by atoms with E-state index < -0.39 is 12.2 Å². The van der Waals surface area contributed by atoms with Gasteiger partial charge in [0.05, 0.1) is 6.10 Å². The second kappa shape index (κ2) is 5.69. The Morgan fingerprint density at radius 1 is 1.06 bits per heavy atom. The van der Waals surface area contributed by atoms with Gasteiger partial charge >= 0.3 is 0 Å². The van der Waals surface area contributed by atoms with Crippen LogP contribution in [0.2, 0.25) is 0 Å². The van der Waals surface area contributed by atoms with Crippen LogP contribution in [0, 0.1) is 5.82 Å². The highest BCUT2D eigenvalue weighted by Crippen LogP contribution is 2.29. The molecule has 0 aliphatic heterocycles. The monoisotopic (exact) mass is 266 g/mol. The Bertz CT molecular complexity index is 544. The molecular formula is C14H15FO2S. The molecule has 96 valence electrons. The molecule has 0 aromatic heterocycles. The van der Waals surface area contributed by atoms with E-state index in [2.05, 4.69) is 12.6 Å². The maximum atomic E-state index is 13.6. The van der Waals surface area contributed by atoms with Crippen molar-refractivity contribution in [2.75, 3.05) is 5.75 Å². The van der Waals surface area contributed by atoms with Crippen LogP contribution in [0.3, 0.4) is 0 Å². The summed E-state index contributed by atoms with van der Waals surface area (Å²) >= 11 is 4.03. The third kappa shape index (κ3) is 2.51. The molecule has 2 nitrogen and oxygen atoms in total. The van der Waals surface area contributed by atoms with E-state index in [0.717, 1.165) is 0 Å². The lowest BCUT2D eigenvalue weighted by molar-refractivity contribution is 0.0181. The van der Waals surface area contributed by atoms with Gasteiger partial charge in [0.15, 0.2) is 0 Å². The fraction of sp³-hybridized carbons (Fsp3) is 0.286. The van der Waals surface area contributed by atoms with Gasteiger partial charge in [-0.3, -0.25) is 0 Å². The maximum absolute atomic E-state index is 13.6. The first kappa shape index (κ1) is 13.3. The normalized spacial score (nSPS) is 14.7. The van der Waals surface area contributed by atoms with Crippen LogP contribution in [0.5, 0.6) is 0 Å². The Labute approximate surface area is 110 Å². The minimum absolute atomic E-state index is 0.328. The molecule has 2 aromatic rings. The van der Waals surface area contributed by atoms with E-state index in [1.165, 1.54) is 12.1 Å². The zero-order valence-electron chi connectivity index (χ0n) is 9.75. The summed E-state index contributed by atoms with van der Waals surface area (Å²) in [5.74, 6) is 0.155. The fourth-order valence-corrected chi connectivity index (χ4v) is 2.31. The van der Waals surface area contributed by atoms with E-state index >= 15 is 0 Å². The first-order valence-electron chi connectivity index (χ1n) is 5.79. The number of halogens is 1. The van der Waals surface area contributed by atoms with Gasteiger partial charge in [-0.1, -0.05) is 30.3 Å². The van der Waals surface area contributed by atoms with Crippen molar-refractivity contribution in [3.63, 3.8) is 0 Å². The van der Waals surface area contributed by atoms with Gasteiger partial charge < -0.3 is 10.2 Å². The molecule has 0 amide bonds. The topological polar surface area (TPSA) is 40.5 Å². The van der Waals surface area contributed by atoms with Gasteiger partial charge in [-0.05, 0) is 29.2 Å². The van der Waals surface area contributed by atoms with Crippen molar-refractivity contribution in [1.82, 2.24) is 0 Å². The van der Waals surface area contributed by atoms with E-state index in [1.54, 1.807) is 24.3 Å². The quantitative estimate of drug-likeness (QED) is 0.745. The molecule has 2 rings (SSSR count). The molecule has 0 radical (unpaired) electrons. The number of benzene rings is 2. The zero-order chi connectivity index (χ0) is 13.1. The highest BCUT2D eigenvalue weighted by Gasteiger charge is 2.20. The Kier molecular flexibility index (Phi) is 4.22. The minimum atomic E-state index is -1.03. The second-order valence-electron chi connectivity index (χ2n) is 4.21. The number of aliphatic hydroxyl groups excluding tert-OH is 2. The SMILES string of the molecule is OC(CCS)C(O)c1ccc(F)c2ccccc12. The molecule has 0 bridgehead atoms. The van der Waals surface area contributed by atoms with Crippen LogP contribution in [-0.4, -0.2) is 22.1 Å². The first-order chi connectivity index (χ1) is 8.65. The van der Waals surface area contributed by atoms with Crippen LogP contribution in [0.25, 0.3) is 10.8 Å². The minimum Gasteiger partial charge on any atom is -0.390 e. The summed E-state index contributed by atoms with van der Waals surface area (Å²) in [6.07, 6.45) is -1.53. The van der Waals surface area contributed by atoms with Crippen molar-refractivity contribution in [3.05, 3.63) is 47.8 Å². The highest BCUT2D eigenvalue weighted by atomic mass is 32.1. The lowest BCUT2D eigenvalue weighted by Gasteiger charge is -2.19. The van der Waals surface area contributed by atoms with Crippen LogP contribution in [0.15, 0.2) is 36.4 Å². The molecule has 4 heteroatoms. The standard InChI is InChI=1S/C14H15FO2S/c15-12-6-5-11(14(17)13(16)7-8-18)9-3-1-2-4-10(9)12/h1-6,13-14,16-18H,7-8H2. The zero-order valence-corrected chi connectivity index (χ0v) is 10.6. The van der Waals surface area contributed by atoms with Crippen LogP contribution >= 0.6 is 12.6 Å². The van der Waals surface area contributed by atoms with Gasteiger partial charge in [-0.2, -0.15) is 12.6 Å². The highest BCUT2D eigenvalue weighted by molar-refractivity contribution is 7.80. The van der Waals surface area contributed by atoms with Gasteiger partial charge in [-0.25, -0.2) is 4.39 Å². The lowest BCUT2D eigenvalue weighted by Crippen LogP contribution is -2.19. The second-order valence-corrected chi connectivity index (χ2v) is 4.65. The number of fused-ring (bicyclic) bond motifs is 1. The van der Waals surface area contributed by atoms with E-state index in [4.69, 9.17) is 0 Å². The van der Waals surface area contributed by atoms with E-state index in [-0.39, 0.29) is 5.82 Å². The summed E-state index contributed by atoms with van der Waals surface area (Å²) in [5, 5.41) is 21.0. The molecule has 2 unspecified atom stereocenters. The van der Waals surface area contributed by atoms with Gasteiger partial charge in [0.25, 0.3) is 0 Å². The number of hydrogen-bond acceptors (Lipinski definition) is 3. The molecular weight excluding hydrogens is 251 g/mol. The van der Waals surface area contributed by atoms with Gasteiger partial charge in [0.1, 0.15) is 11.9 Å². The maximum Gasteiger partial charge on any atom is 0.131 e. The molecule has 0 saturated carbocycles. The van der Waals surface area contributed by atoms with E-state index in [0.29, 0.717) is 28.5 Å². The van der Waals surface area contributed by atoms with Gasteiger partial charge in [-0.15, -0.1) is 0 Å². The van der Waals surface area contributed by atoms with Gasteiger partial charge in [0.2, 0.25) is 0 Å². The number of rotatable bonds is 4. The Morgan fingerprint density at radius 3 is 2.39 bits per heavy atom. The average Bonchev–Trinajstić information content (AvgIpc) is 2.39. The van der Waals surface area contributed by atoms with Crippen molar-refractivity contribution in [1.29, 1.82) is 0 Å². The summed E-state index contributed by atoms with van der Waals surface area (Å²) in [4.78, 5) is 0. The van der Waals surface area contributed by atoms with E-state index in [9.17, 15) is 14.6 Å². The first-order valence-corrected chi connectivity index (χ1v) is 6.42. The molecule has 0 aliphatic rings. The Hall–Kier alpha value is -1.10. The third-order valence-electron chi connectivity index (χ3n) is 3.01. The molecule has 0 saturated heterocycles. The summed E-state index contributed by atoms with van der Waals surface area (Å²) in [5.41, 5.74) is 0.543. The molecule has 2 aromatic carbocycles. The van der Waals surface area contributed by atoms with Crippen molar-refractivity contribution >= 4 is 23.4 Å². The van der Waals surface area contributed by atoms with Crippen LogP contribution in [-0.2, 0) is 0 Å². The Morgan fingerprint density at radius 2 is 1.72 bits per heavy atom. The molecule has 0 fully saturated rings. The van der Waals surface area contributed by atoms with Crippen molar-refractivity contribution in [2.45, 2.75) is 18.6 Å². The summed E-state index contributed by atoms with van der Waals surface area (Å²) < 4.78 is 13.6. The lowest BCUT2D eigenvalue weighted by atomic mass is 9.96. The molecule has 18 heavy (non-hydrogen) atoms. The predicted octanol–water partition coefficient (Wildman–Crippen LogP) is 2.69. The van der Waals surface area contributed by atoms with Crippen molar-refractivity contribution < 1.29 is 14.6 Å². The molecule has 2 N–H and O–H groups in total. The van der Waals surface area contributed by atoms with E-state index in [1.807, 2.05) is 0 Å². The van der Waals surface area contributed by atoms with Gasteiger partial charge in [0, 0.05) is 5.39 Å². The van der Waals surface area contributed by atoms with Crippen molar-refractivity contribution in [2.24, 2.45) is 0 Å². The molecule has 0 heterocycles. The average molecular weight is 266 g/mol. The summed E-state index contributed by atoms with van der Waals surface area (Å²) in [6, 6.07) is 9.75. The third-order valence-corrected chi connectivity index (χ3v) is 3.27. The van der Waals surface area contributed by atoms with Crippen LogP contribution < -0.4 is 0 Å². The predicted molar refractivity (Wildman–Crippen MR) is 73.3 cm³/mol. The number of thiol groups is 1. The molecule has 0 spiro atoms. The fourth-order valence-electron chi connectivity index (χ4n) is 2.04. The van der Waals surface area contributed by atoms with Crippen LogP contribution in [0.4, 0.5) is 4.39 Å². The van der Waals surface area contributed by atoms with Crippen molar-refractivity contribution in [3.8, 4) is 0 Å². The molecule has 0 aliphatic carbocycles.